The second-order valence-electron chi connectivity index (χ2n) is 6.39. The molecular formula is C20H18Cl2F2N4O2S. The third-order valence-corrected chi connectivity index (χ3v) is 5.86. The lowest BCUT2D eigenvalue weighted by Gasteiger charge is -2.16. The summed E-state index contributed by atoms with van der Waals surface area (Å²) >= 11 is 13.0. The molecule has 1 amide bonds. The van der Waals surface area contributed by atoms with Crippen LogP contribution < -0.4 is 10.1 Å². The summed E-state index contributed by atoms with van der Waals surface area (Å²) in [7, 11) is 0. The highest BCUT2D eigenvalue weighted by Crippen LogP contribution is 2.28. The Morgan fingerprint density at radius 1 is 1.19 bits per heavy atom. The zero-order valence-corrected chi connectivity index (χ0v) is 18.9. The van der Waals surface area contributed by atoms with Crippen LogP contribution in [0.25, 0.3) is 0 Å². The number of benzene rings is 2. The number of amides is 1. The number of carbonyl (C=O) groups excluding carboxylic acids is 1. The van der Waals surface area contributed by atoms with Gasteiger partial charge in [0, 0.05) is 18.3 Å². The first-order valence-electron chi connectivity index (χ1n) is 9.21. The van der Waals surface area contributed by atoms with Crippen LogP contribution in [-0.2, 0) is 11.3 Å². The van der Waals surface area contributed by atoms with E-state index in [1.54, 1.807) is 29.7 Å². The summed E-state index contributed by atoms with van der Waals surface area (Å²) in [5.41, 5.74) is 0.529. The highest BCUT2D eigenvalue weighted by molar-refractivity contribution is 7.99. The maximum Gasteiger partial charge on any atom is 0.234 e. The molecule has 0 aliphatic heterocycles. The molecule has 3 aromatic rings. The quantitative estimate of drug-likeness (QED) is 0.410. The molecule has 0 aliphatic carbocycles. The van der Waals surface area contributed by atoms with Crippen molar-refractivity contribution in [2.75, 3.05) is 11.1 Å². The Balaban J connectivity index is 1.65. The minimum absolute atomic E-state index is 0.0835. The third kappa shape index (κ3) is 5.87. The molecule has 11 heteroatoms. The van der Waals surface area contributed by atoms with Gasteiger partial charge < -0.3 is 14.6 Å². The number of ether oxygens (including phenoxy) is 1. The van der Waals surface area contributed by atoms with E-state index in [0.29, 0.717) is 33.3 Å². The fourth-order valence-electron chi connectivity index (χ4n) is 2.72. The maximum atomic E-state index is 13.9. The Hall–Kier alpha value is -2.36. The number of carbonyl (C=O) groups is 1. The van der Waals surface area contributed by atoms with Crippen molar-refractivity contribution in [3.8, 4) is 5.75 Å². The van der Waals surface area contributed by atoms with E-state index in [0.717, 1.165) is 12.1 Å². The van der Waals surface area contributed by atoms with Gasteiger partial charge in [-0.3, -0.25) is 4.79 Å². The van der Waals surface area contributed by atoms with Crippen LogP contribution in [0.5, 0.6) is 5.75 Å². The van der Waals surface area contributed by atoms with E-state index in [2.05, 4.69) is 15.5 Å². The Kier molecular flexibility index (Phi) is 7.74. The zero-order valence-electron chi connectivity index (χ0n) is 16.5. The Morgan fingerprint density at radius 2 is 1.97 bits per heavy atom. The van der Waals surface area contributed by atoms with Crippen molar-refractivity contribution < 1.29 is 18.3 Å². The molecule has 164 valence electrons. The lowest BCUT2D eigenvalue weighted by atomic mass is 10.3. The van der Waals surface area contributed by atoms with Crippen LogP contribution in [0.2, 0.25) is 10.0 Å². The minimum atomic E-state index is -0.803. The van der Waals surface area contributed by atoms with Crippen molar-refractivity contribution in [1.29, 1.82) is 0 Å². The normalized spacial score (nSPS) is 11.9. The Morgan fingerprint density at radius 3 is 2.65 bits per heavy atom. The largest absolute Gasteiger partial charge is 0.480 e. The summed E-state index contributed by atoms with van der Waals surface area (Å²) in [4.78, 5) is 12.3. The number of thioether (sulfide) groups is 1. The first kappa shape index (κ1) is 23.3. The van der Waals surface area contributed by atoms with Gasteiger partial charge in [-0.05, 0) is 44.2 Å². The molecule has 31 heavy (non-hydrogen) atoms. The van der Waals surface area contributed by atoms with Crippen molar-refractivity contribution in [2.45, 2.75) is 31.7 Å². The predicted octanol–water partition coefficient (Wildman–Crippen LogP) is 5.75. The van der Waals surface area contributed by atoms with Crippen molar-refractivity contribution in [2.24, 2.45) is 0 Å². The number of halogens is 4. The fraction of sp³-hybridized carbons (Fsp3) is 0.250. The van der Waals surface area contributed by atoms with Gasteiger partial charge in [-0.2, -0.15) is 0 Å². The van der Waals surface area contributed by atoms with E-state index in [1.165, 1.54) is 17.8 Å². The van der Waals surface area contributed by atoms with Crippen LogP contribution >= 0.6 is 35.0 Å². The predicted molar refractivity (Wildman–Crippen MR) is 117 cm³/mol. The van der Waals surface area contributed by atoms with Gasteiger partial charge in [-0.25, -0.2) is 8.78 Å². The van der Waals surface area contributed by atoms with Gasteiger partial charge in [-0.15, -0.1) is 10.2 Å². The molecule has 0 bridgehead atoms. The fourth-order valence-corrected chi connectivity index (χ4v) is 3.83. The first-order valence-corrected chi connectivity index (χ1v) is 10.9. The molecule has 2 aromatic carbocycles. The molecule has 1 heterocycles. The monoisotopic (exact) mass is 486 g/mol. The topological polar surface area (TPSA) is 69.0 Å². The molecule has 0 radical (unpaired) electrons. The summed E-state index contributed by atoms with van der Waals surface area (Å²) in [5, 5.41) is 12.2. The number of nitrogens with zero attached hydrogens (tertiary/aromatic N) is 3. The molecule has 0 saturated carbocycles. The first-order chi connectivity index (χ1) is 14.8. The van der Waals surface area contributed by atoms with Crippen LogP contribution in [-0.4, -0.2) is 26.4 Å². The van der Waals surface area contributed by atoms with Crippen LogP contribution in [0.15, 0.2) is 41.6 Å². The van der Waals surface area contributed by atoms with E-state index in [9.17, 15) is 13.6 Å². The van der Waals surface area contributed by atoms with E-state index in [1.807, 2.05) is 6.92 Å². The smallest absolute Gasteiger partial charge is 0.234 e. The lowest BCUT2D eigenvalue weighted by molar-refractivity contribution is -0.113. The molecule has 0 aliphatic rings. The summed E-state index contributed by atoms with van der Waals surface area (Å²) in [6, 6.07) is 7.89. The molecule has 1 unspecified atom stereocenters. The van der Waals surface area contributed by atoms with E-state index < -0.39 is 17.7 Å². The number of aromatic nitrogens is 3. The van der Waals surface area contributed by atoms with Crippen molar-refractivity contribution in [3.63, 3.8) is 0 Å². The number of anilines is 1. The van der Waals surface area contributed by atoms with Gasteiger partial charge in [0.05, 0.1) is 15.8 Å². The van der Waals surface area contributed by atoms with Gasteiger partial charge in [0.1, 0.15) is 5.82 Å². The van der Waals surface area contributed by atoms with E-state index >= 15 is 0 Å². The number of nitrogens with one attached hydrogen (secondary N) is 1. The summed E-state index contributed by atoms with van der Waals surface area (Å²) in [6.45, 7) is 4.08. The second kappa shape index (κ2) is 10.3. The van der Waals surface area contributed by atoms with Crippen LogP contribution in [0.1, 0.15) is 25.8 Å². The SMILES string of the molecule is CCn1c(SCC(=O)Nc2ccc(Cl)c(Cl)c2)nnc1C(C)Oc1ccc(F)cc1F. The Bertz CT molecular complexity index is 1100. The molecule has 1 atom stereocenters. The van der Waals surface area contributed by atoms with E-state index in [-0.39, 0.29) is 17.4 Å². The van der Waals surface area contributed by atoms with Gasteiger partial charge in [0.2, 0.25) is 5.91 Å². The number of hydrogen-bond acceptors (Lipinski definition) is 5. The molecule has 1 aromatic heterocycles. The number of rotatable bonds is 8. The number of hydrogen-bond donors (Lipinski definition) is 1. The maximum absolute atomic E-state index is 13.9. The minimum Gasteiger partial charge on any atom is -0.480 e. The molecule has 0 fully saturated rings. The lowest BCUT2D eigenvalue weighted by Crippen LogP contribution is -2.15. The molecule has 6 nitrogen and oxygen atoms in total. The average Bonchev–Trinajstić information content (AvgIpc) is 3.14. The van der Waals surface area contributed by atoms with Crippen LogP contribution in [0.3, 0.4) is 0 Å². The molecule has 1 N–H and O–H groups in total. The molecule has 3 rings (SSSR count). The van der Waals surface area contributed by atoms with E-state index in [4.69, 9.17) is 27.9 Å². The highest BCUT2D eigenvalue weighted by atomic mass is 35.5. The average molecular weight is 487 g/mol. The van der Waals surface area contributed by atoms with Gasteiger partial charge in [-0.1, -0.05) is 35.0 Å². The van der Waals surface area contributed by atoms with Crippen molar-refractivity contribution in [3.05, 3.63) is 63.9 Å². The molecule has 0 saturated heterocycles. The van der Waals surface area contributed by atoms with Crippen molar-refractivity contribution >= 4 is 46.6 Å². The summed E-state index contributed by atoms with van der Waals surface area (Å²) in [5.74, 6) is -1.29. The third-order valence-electron chi connectivity index (χ3n) is 4.16. The van der Waals surface area contributed by atoms with Gasteiger partial charge in [0.25, 0.3) is 0 Å². The summed E-state index contributed by atoms with van der Waals surface area (Å²) in [6.07, 6.45) is -0.646. The van der Waals surface area contributed by atoms with Gasteiger partial charge >= 0.3 is 0 Å². The van der Waals surface area contributed by atoms with Gasteiger partial charge in [0.15, 0.2) is 28.7 Å². The second-order valence-corrected chi connectivity index (χ2v) is 8.14. The zero-order chi connectivity index (χ0) is 22.5. The Labute approximate surface area is 191 Å². The van der Waals surface area contributed by atoms with Crippen molar-refractivity contribution in [1.82, 2.24) is 14.8 Å². The summed E-state index contributed by atoms with van der Waals surface area (Å²) < 4.78 is 34.3. The van der Waals surface area contributed by atoms with Crippen LogP contribution in [0, 0.1) is 11.6 Å². The molecule has 0 spiro atoms. The molecular weight excluding hydrogens is 469 g/mol. The van der Waals surface area contributed by atoms with Crippen LogP contribution in [0.4, 0.5) is 14.5 Å². The highest BCUT2D eigenvalue weighted by Gasteiger charge is 2.20. The standard InChI is InChI=1S/C20H18Cl2F2N4O2S/c1-3-28-19(11(2)30-17-7-4-12(23)8-16(17)24)26-27-20(28)31-10-18(29)25-13-5-6-14(21)15(22)9-13/h4-9,11H,3,10H2,1-2H3,(H,25,29).